The number of carboxylic acids is 1. The van der Waals surface area contributed by atoms with E-state index in [-0.39, 0.29) is 24.5 Å². The van der Waals surface area contributed by atoms with Crippen LogP contribution in [0.2, 0.25) is 9.36 Å². The van der Waals surface area contributed by atoms with Crippen LogP contribution in [0.15, 0.2) is 30.3 Å². The van der Waals surface area contributed by atoms with E-state index < -0.39 is 5.97 Å². The lowest BCUT2D eigenvalue weighted by molar-refractivity contribution is -0.136. The third-order valence-electron chi connectivity index (χ3n) is 4.64. The van der Waals surface area contributed by atoms with Crippen LogP contribution in [0.1, 0.15) is 27.7 Å². The fraction of sp³-hybridized carbons (Fsp3) is 0.222. The molecule has 2 aromatic heterocycles. The Hall–Kier alpha value is -2.06. The Morgan fingerprint density at radius 2 is 2.07 bits per heavy atom. The van der Waals surface area contributed by atoms with Crippen molar-refractivity contribution in [2.45, 2.75) is 18.5 Å². The van der Waals surface area contributed by atoms with Crippen LogP contribution >= 0.6 is 34.5 Å². The van der Waals surface area contributed by atoms with Gasteiger partial charge in [-0.05, 0) is 23.6 Å². The average molecular weight is 424 g/mol. The normalized spacial score (nSPS) is 18.6. The summed E-state index contributed by atoms with van der Waals surface area (Å²) in [5.41, 5.74) is 3.13. The highest BCUT2D eigenvalue weighted by atomic mass is 35.5. The van der Waals surface area contributed by atoms with Crippen molar-refractivity contribution >= 4 is 56.6 Å². The quantitative estimate of drug-likeness (QED) is 0.504. The van der Waals surface area contributed by atoms with Crippen molar-refractivity contribution in [1.82, 2.24) is 15.6 Å². The second kappa shape index (κ2) is 7.16. The second-order valence-corrected chi connectivity index (χ2v) is 8.38. The zero-order chi connectivity index (χ0) is 19.1. The standard InChI is InChI=1S/C18H15Cl2N3O3S/c19-14-16-12(27-17(14)20)6-11(22-16)18(26)23-10-5-8-3-1-2-4-9(8)15(10)21-7-13(24)25/h1-4,6,10,15,21-22H,5,7H2,(H,23,26)(H,24,25)/t10-,15+/m1/s1. The molecule has 0 saturated carbocycles. The van der Waals surface area contributed by atoms with Gasteiger partial charge in [0, 0.05) is 0 Å². The number of carbonyl (C=O) groups is 2. The fourth-order valence-corrected chi connectivity index (χ4v) is 4.95. The van der Waals surface area contributed by atoms with Gasteiger partial charge in [-0.2, -0.15) is 0 Å². The van der Waals surface area contributed by atoms with Gasteiger partial charge in [0.2, 0.25) is 0 Å². The van der Waals surface area contributed by atoms with E-state index in [2.05, 4.69) is 15.6 Å². The molecule has 2 atom stereocenters. The summed E-state index contributed by atoms with van der Waals surface area (Å²) in [6.07, 6.45) is 0.626. The minimum absolute atomic E-state index is 0.183. The number of carboxylic acid groups (broad SMARTS) is 1. The highest BCUT2D eigenvalue weighted by Crippen LogP contribution is 2.39. The first kappa shape index (κ1) is 18.3. The first-order valence-electron chi connectivity index (χ1n) is 8.24. The molecule has 0 unspecified atom stereocenters. The van der Waals surface area contributed by atoms with E-state index in [1.807, 2.05) is 24.3 Å². The molecule has 1 amide bonds. The van der Waals surface area contributed by atoms with Gasteiger partial charge >= 0.3 is 5.97 Å². The van der Waals surface area contributed by atoms with Gasteiger partial charge in [0.05, 0.1) is 33.9 Å². The highest BCUT2D eigenvalue weighted by molar-refractivity contribution is 7.23. The maximum absolute atomic E-state index is 12.7. The summed E-state index contributed by atoms with van der Waals surface area (Å²) in [5.74, 6) is -1.22. The van der Waals surface area contributed by atoms with E-state index in [9.17, 15) is 9.59 Å². The van der Waals surface area contributed by atoms with Crippen molar-refractivity contribution in [3.63, 3.8) is 0 Å². The number of halogens is 2. The van der Waals surface area contributed by atoms with Crippen LogP contribution in [0.5, 0.6) is 0 Å². The molecule has 6 nitrogen and oxygen atoms in total. The molecule has 0 radical (unpaired) electrons. The number of H-pyrrole nitrogens is 1. The van der Waals surface area contributed by atoms with Gasteiger partial charge in [-0.1, -0.05) is 47.5 Å². The molecule has 0 spiro atoms. The minimum Gasteiger partial charge on any atom is -0.480 e. The van der Waals surface area contributed by atoms with Crippen LogP contribution in [0.3, 0.4) is 0 Å². The van der Waals surface area contributed by atoms with Crippen LogP contribution in [-0.4, -0.2) is 34.6 Å². The zero-order valence-electron chi connectivity index (χ0n) is 13.9. The van der Waals surface area contributed by atoms with Crippen LogP contribution in [-0.2, 0) is 11.2 Å². The van der Waals surface area contributed by atoms with Crippen molar-refractivity contribution in [2.75, 3.05) is 6.54 Å². The van der Waals surface area contributed by atoms with Gasteiger partial charge in [0.1, 0.15) is 10.0 Å². The van der Waals surface area contributed by atoms with E-state index in [0.29, 0.717) is 27.0 Å². The lowest BCUT2D eigenvalue weighted by Crippen LogP contribution is -2.44. The van der Waals surface area contributed by atoms with Crippen molar-refractivity contribution < 1.29 is 14.7 Å². The molecule has 140 valence electrons. The van der Waals surface area contributed by atoms with Crippen molar-refractivity contribution in [1.29, 1.82) is 0 Å². The smallest absolute Gasteiger partial charge is 0.317 e. The first-order valence-corrected chi connectivity index (χ1v) is 9.81. The summed E-state index contributed by atoms with van der Waals surface area (Å²) < 4.78 is 1.29. The number of nitrogens with one attached hydrogen (secondary N) is 3. The molecule has 0 fully saturated rings. The number of thiophene rings is 1. The molecule has 4 N–H and O–H groups in total. The van der Waals surface area contributed by atoms with Crippen molar-refractivity contribution in [3.05, 3.63) is 56.5 Å². The Morgan fingerprint density at radius 1 is 1.30 bits per heavy atom. The number of aromatic nitrogens is 1. The molecular formula is C18H15Cl2N3O3S. The number of amides is 1. The van der Waals surface area contributed by atoms with Gasteiger partial charge in [-0.3, -0.25) is 14.9 Å². The fourth-order valence-electron chi connectivity index (χ4n) is 3.47. The largest absolute Gasteiger partial charge is 0.480 e. The van der Waals surface area contributed by atoms with Gasteiger partial charge < -0.3 is 15.4 Å². The first-order chi connectivity index (χ1) is 12.9. The Kier molecular flexibility index (Phi) is 4.86. The number of benzene rings is 1. The number of rotatable bonds is 5. The SMILES string of the molecule is O=C(O)CN[C@H]1c2ccccc2C[C@H]1NC(=O)c1cc2sc(Cl)c(Cl)c2[nH]1. The van der Waals surface area contributed by atoms with E-state index in [1.165, 1.54) is 11.3 Å². The molecule has 0 bridgehead atoms. The van der Waals surface area contributed by atoms with Gasteiger partial charge in [-0.15, -0.1) is 11.3 Å². The number of hydrogen-bond acceptors (Lipinski definition) is 4. The molecule has 0 aliphatic heterocycles. The van der Waals surface area contributed by atoms with Crippen molar-refractivity contribution in [3.8, 4) is 0 Å². The predicted octanol–water partition coefficient (Wildman–Crippen LogP) is 3.61. The number of aromatic amines is 1. The summed E-state index contributed by atoms with van der Waals surface area (Å²) in [5, 5.41) is 15.4. The lowest BCUT2D eigenvalue weighted by Gasteiger charge is -2.22. The summed E-state index contributed by atoms with van der Waals surface area (Å²) in [7, 11) is 0. The van der Waals surface area contributed by atoms with Crippen LogP contribution in [0.25, 0.3) is 10.2 Å². The Morgan fingerprint density at radius 3 is 2.81 bits per heavy atom. The monoisotopic (exact) mass is 423 g/mol. The third-order valence-corrected chi connectivity index (χ3v) is 6.57. The summed E-state index contributed by atoms with van der Waals surface area (Å²) in [4.78, 5) is 26.7. The molecule has 9 heteroatoms. The molecule has 0 saturated heterocycles. The zero-order valence-corrected chi connectivity index (χ0v) is 16.2. The van der Waals surface area contributed by atoms with E-state index >= 15 is 0 Å². The molecule has 3 aromatic rings. The Bertz CT molecular complexity index is 1050. The predicted molar refractivity (Wildman–Crippen MR) is 106 cm³/mol. The number of fused-ring (bicyclic) bond motifs is 2. The topological polar surface area (TPSA) is 94.2 Å². The van der Waals surface area contributed by atoms with Crippen molar-refractivity contribution in [2.24, 2.45) is 0 Å². The molecule has 2 heterocycles. The maximum Gasteiger partial charge on any atom is 0.317 e. The average Bonchev–Trinajstić information content (AvgIpc) is 3.27. The Balaban J connectivity index is 1.56. The van der Waals surface area contributed by atoms with Gasteiger partial charge in [-0.25, -0.2) is 0 Å². The summed E-state index contributed by atoms with van der Waals surface area (Å²) in [6, 6.07) is 8.97. The molecular weight excluding hydrogens is 409 g/mol. The van der Waals surface area contributed by atoms with E-state index in [1.54, 1.807) is 6.07 Å². The van der Waals surface area contributed by atoms with Crippen LogP contribution in [0, 0.1) is 0 Å². The molecule has 1 aliphatic rings. The number of aliphatic carboxylic acids is 1. The number of carbonyl (C=O) groups excluding carboxylic acids is 1. The summed E-state index contributed by atoms with van der Waals surface area (Å²) >= 11 is 13.4. The second-order valence-electron chi connectivity index (χ2n) is 6.35. The van der Waals surface area contributed by atoms with Gasteiger partial charge in [0.15, 0.2) is 0 Å². The van der Waals surface area contributed by atoms with Gasteiger partial charge in [0.25, 0.3) is 5.91 Å². The minimum atomic E-state index is -0.944. The molecule has 4 rings (SSSR count). The van der Waals surface area contributed by atoms with Crippen LogP contribution < -0.4 is 10.6 Å². The molecule has 1 aliphatic carbocycles. The summed E-state index contributed by atoms with van der Waals surface area (Å²) in [6.45, 7) is -0.183. The number of hydrogen-bond donors (Lipinski definition) is 4. The molecule has 1 aromatic carbocycles. The Labute approximate surface area is 168 Å². The van der Waals surface area contributed by atoms with E-state index in [4.69, 9.17) is 28.3 Å². The maximum atomic E-state index is 12.7. The lowest BCUT2D eigenvalue weighted by atomic mass is 10.1. The molecule has 27 heavy (non-hydrogen) atoms. The highest BCUT2D eigenvalue weighted by Gasteiger charge is 2.33. The van der Waals surface area contributed by atoms with Crippen LogP contribution in [0.4, 0.5) is 0 Å². The van der Waals surface area contributed by atoms with E-state index in [0.717, 1.165) is 15.8 Å². The third kappa shape index (κ3) is 3.43.